The number of benzene rings is 1. The van der Waals surface area contributed by atoms with Crippen LogP contribution >= 0.6 is 0 Å². The van der Waals surface area contributed by atoms with Crippen molar-refractivity contribution in [1.82, 2.24) is 14.5 Å². The number of alkyl halides is 3. The molecule has 0 aliphatic heterocycles. The second kappa shape index (κ2) is 6.04. The quantitative estimate of drug-likeness (QED) is 0.509. The molecule has 0 amide bonds. The lowest BCUT2D eigenvalue weighted by atomic mass is 10.2. The van der Waals surface area contributed by atoms with E-state index in [-0.39, 0.29) is 27.7 Å². The van der Waals surface area contributed by atoms with Gasteiger partial charge in [-0.2, -0.15) is 17.6 Å². The number of imidazole rings is 1. The average Bonchev–Trinajstić information content (AvgIpc) is 2.90. The molecular formula is C16H13F4N3O2S. The summed E-state index contributed by atoms with van der Waals surface area (Å²) in [7, 11) is -2.25. The van der Waals surface area contributed by atoms with Gasteiger partial charge in [0.1, 0.15) is 5.69 Å². The van der Waals surface area contributed by atoms with E-state index in [1.54, 1.807) is 0 Å². The zero-order valence-electron chi connectivity index (χ0n) is 13.7. The van der Waals surface area contributed by atoms with Crippen molar-refractivity contribution in [3.05, 3.63) is 41.8 Å². The summed E-state index contributed by atoms with van der Waals surface area (Å²) < 4.78 is 78.2. The predicted molar refractivity (Wildman–Crippen MR) is 86.6 cm³/mol. The van der Waals surface area contributed by atoms with Gasteiger partial charge in [0.15, 0.2) is 15.7 Å². The summed E-state index contributed by atoms with van der Waals surface area (Å²) in [6.07, 6.45) is -4.54. The molecule has 2 heterocycles. The summed E-state index contributed by atoms with van der Waals surface area (Å²) in [4.78, 5) is 7.48. The topological polar surface area (TPSA) is 64.8 Å². The van der Waals surface area contributed by atoms with Crippen LogP contribution in [0.2, 0.25) is 0 Å². The molecule has 0 aliphatic rings. The van der Waals surface area contributed by atoms with Crippen molar-refractivity contribution in [2.24, 2.45) is 7.05 Å². The van der Waals surface area contributed by atoms with Crippen LogP contribution < -0.4 is 0 Å². The molecule has 0 unspecified atom stereocenters. The number of pyridine rings is 1. The predicted octanol–water partition coefficient (Wildman–Crippen LogP) is 3.59. The molecule has 3 aromatic rings. The highest BCUT2D eigenvalue weighted by Gasteiger charge is 2.31. The highest BCUT2D eigenvalue weighted by atomic mass is 32.2. The van der Waals surface area contributed by atoms with Crippen molar-refractivity contribution in [2.75, 3.05) is 5.75 Å². The van der Waals surface area contributed by atoms with Crippen LogP contribution in [0.15, 0.2) is 35.2 Å². The molecule has 0 saturated carbocycles. The van der Waals surface area contributed by atoms with Gasteiger partial charge in [0.05, 0.1) is 27.2 Å². The van der Waals surface area contributed by atoms with Gasteiger partial charge in [-0.25, -0.2) is 18.4 Å². The Labute approximate surface area is 146 Å². The minimum atomic E-state index is -4.54. The molecule has 0 aliphatic carbocycles. The number of aromatic nitrogens is 3. The fourth-order valence-corrected chi connectivity index (χ4v) is 3.60. The fourth-order valence-electron chi connectivity index (χ4n) is 2.58. The minimum Gasteiger partial charge on any atom is -0.326 e. The number of nitrogens with zero attached hydrogens (tertiary/aromatic N) is 3. The van der Waals surface area contributed by atoms with Gasteiger partial charge in [-0.05, 0) is 30.3 Å². The maximum Gasteiger partial charge on any atom is 0.416 e. The Bertz CT molecular complexity index is 1100. The van der Waals surface area contributed by atoms with Gasteiger partial charge >= 0.3 is 6.18 Å². The molecule has 2 aromatic heterocycles. The van der Waals surface area contributed by atoms with Crippen LogP contribution in [-0.4, -0.2) is 28.7 Å². The molecule has 10 heteroatoms. The van der Waals surface area contributed by atoms with Gasteiger partial charge in [-0.3, -0.25) is 0 Å². The lowest BCUT2D eigenvalue weighted by Gasteiger charge is -2.08. The molecule has 26 heavy (non-hydrogen) atoms. The summed E-state index contributed by atoms with van der Waals surface area (Å²) in [5.41, 5.74) is -0.787. The smallest absolute Gasteiger partial charge is 0.326 e. The molecule has 0 radical (unpaired) electrons. The van der Waals surface area contributed by atoms with Crippen LogP contribution in [0.25, 0.3) is 22.6 Å². The number of hydrogen-bond donors (Lipinski definition) is 0. The number of sulfone groups is 1. The number of aryl methyl sites for hydroxylation is 1. The molecule has 138 valence electrons. The number of halogens is 4. The third-order valence-corrected chi connectivity index (χ3v) is 5.72. The van der Waals surface area contributed by atoms with Gasteiger partial charge in [0, 0.05) is 7.05 Å². The van der Waals surface area contributed by atoms with E-state index in [1.165, 1.54) is 24.6 Å². The monoisotopic (exact) mass is 387 g/mol. The Morgan fingerprint density at radius 3 is 2.42 bits per heavy atom. The lowest BCUT2D eigenvalue weighted by molar-refractivity contribution is -0.137. The Morgan fingerprint density at radius 2 is 1.81 bits per heavy atom. The highest BCUT2D eigenvalue weighted by Crippen LogP contribution is 2.33. The third-order valence-electron chi connectivity index (χ3n) is 3.96. The van der Waals surface area contributed by atoms with Crippen LogP contribution in [0.5, 0.6) is 0 Å². The number of hydrogen-bond acceptors (Lipinski definition) is 4. The average molecular weight is 387 g/mol. The first kappa shape index (κ1) is 18.3. The van der Waals surface area contributed by atoms with E-state index in [0.717, 1.165) is 24.3 Å². The SMILES string of the molecule is CCS(=O)(=O)c1ccc(F)nc1-c1nc2cc(C(F)(F)F)ccc2n1C. The fraction of sp³-hybridized carbons (Fsp3) is 0.250. The molecular weight excluding hydrogens is 374 g/mol. The van der Waals surface area contributed by atoms with E-state index in [9.17, 15) is 26.0 Å². The normalized spacial score (nSPS) is 12.7. The van der Waals surface area contributed by atoms with Crippen molar-refractivity contribution < 1.29 is 26.0 Å². The summed E-state index contributed by atoms with van der Waals surface area (Å²) in [5.74, 6) is -1.20. The van der Waals surface area contributed by atoms with Gasteiger partial charge < -0.3 is 4.57 Å². The molecule has 0 saturated heterocycles. The Morgan fingerprint density at radius 1 is 1.12 bits per heavy atom. The maximum absolute atomic E-state index is 13.6. The minimum absolute atomic E-state index is 0.00299. The summed E-state index contributed by atoms with van der Waals surface area (Å²) in [6, 6.07) is 4.97. The van der Waals surface area contributed by atoms with Crippen LogP contribution in [0, 0.1) is 5.95 Å². The van der Waals surface area contributed by atoms with E-state index in [2.05, 4.69) is 9.97 Å². The Balaban J connectivity index is 2.30. The van der Waals surface area contributed by atoms with Gasteiger partial charge in [0.2, 0.25) is 5.95 Å². The zero-order chi connectivity index (χ0) is 19.3. The van der Waals surface area contributed by atoms with Crippen LogP contribution in [-0.2, 0) is 23.1 Å². The van der Waals surface area contributed by atoms with Gasteiger partial charge in [-0.1, -0.05) is 6.92 Å². The summed E-state index contributed by atoms with van der Waals surface area (Å²) in [6.45, 7) is 1.42. The third kappa shape index (κ3) is 3.05. The molecule has 5 nitrogen and oxygen atoms in total. The molecule has 0 spiro atoms. The van der Waals surface area contributed by atoms with Crippen molar-refractivity contribution >= 4 is 20.9 Å². The van der Waals surface area contributed by atoms with E-state index >= 15 is 0 Å². The van der Waals surface area contributed by atoms with Crippen molar-refractivity contribution in [1.29, 1.82) is 0 Å². The van der Waals surface area contributed by atoms with E-state index < -0.39 is 27.5 Å². The second-order valence-electron chi connectivity index (χ2n) is 5.58. The summed E-state index contributed by atoms with van der Waals surface area (Å²) >= 11 is 0. The molecule has 3 rings (SSSR count). The molecule has 1 aromatic carbocycles. The van der Waals surface area contributed by atoms with Crippen LogP contribution in [0.4, 0.5) is 17.6 Å². The molecule has 0 atom stereocenters. The van der Waals surface area contributed by atoms with Crippen molar-refractivity contribution in [2.45, 2.75) is 18.0 Å². The van der Waals surface area contributed by atoms with E-state index in [4.69, 9.17) is 0 Å². The molecule has 0 N–H and O–H groups in total. The standard InChI is InChI=1S/C16H13F4N3O2S/c1-3-26(24,25)12-6-7-13(17)22-14(12)15-21-10-8-9(16(18,19)20)4-5-11(10)23(15)2/h4-8H,3H2,1-2H3. The Kier molecular flexibility index (Phi) is 4.26. The highest BCUT2D eigenvalue weighted by molar-refractivity contribution is 7.91. The maximum atomic E-state index is 13.6. The van der Waals surface area contributed by atoms with E-state index in [1.807, 2.05) is 0 Å². The molecule has 0 fully saturated rings. The second-order valence-corrected chi connectivity index (χ2v) is 7.83. The first-order valence-corrected chi connectivity index (χ1v) is 9.13. The van der Waals surface area contributed by atoms with E-state index in [0.29, 0.717) is 5.52 Å². The first-order valence-electron chi connectivity index (χ1n) is 7.48. The first-order chi connectivity index (χ1) is 12.0. The van der Waals surface area contributed by atoms with Crippen molar-refractivity contribution in [3.63, 3.8) is 0 Å². The number of fused-ring (bicyclic) bond motifs is 1. The van der Waals surface area contributed by atoms with Crippen molar-refractivity contribution in [3.8, 4) is 11.5 Å². The van der Waals surface area contributed by atoms with Crippen LogP contribution in [0.3, 0.4) is 0 Å². The summed E-state index contributed by atoms with van der Waals surface area (Å²) in [5, 5.41) is 0. The Hall–Kier alpha value is -2.49. The largest absolute Gasteiger partial charge is 0.416 e. The van der Waals surface area contributed by atoms with Gasteiger partial charge in [-0.15, -0.1) is 0 Å². The zero-order valence-corrected chi connectivity index (χ0v) is 14.5. The van der Waals surface area contributed by atoms with Crippen LogP contribution in [0.1, 0.15) is 12.5 Å². The molecule has 0 bridgehead atoms. The van der Waals surface area contributed by atoms with Gasteiger partial charge in [0.25, 0.3) is 0 Å². The lowest BCUT2D eigenvalue weighted by Crippen LogP contribution is -2.09. The number of rotatable bonds is 3.